The quantitative estimate of drug-likeness (QED) is 0.824. The van der Waals surface area contributed by atoms with Crippen LogP contribution in [0.2, 0.25) is 0 Å². The van der Waals surface area contributed by atoms with E-state index in [1.807, 2.05) is 9.80 Å². The SMILES string of the molecule is O=C(O)CC1CCCN(C(=O)N2CCCCC2CCO)C1. The van der Waals surface area contributed by atoms with E-state index in [2.05, 4.69) is 0 Å². The lowest BCUT2D eigenvalue weighted by Crippen LogP contribution is -2.53. The summed E-state index contributed by atoms with van der Waals surface area (Å²) < 4.78 is 0. The van der Waals surface area contributed by atoms with Crippen molar-refractivity contribution in [1.29, 1.82) is 0 Å². The summed E-state index contributed by atoms with van der Waals surface area (Å²) in [6, 6.07) is 0.166. The molecule has 21 heavy (non-hydrogen) atoms. The molecule has 6 heteroatoms. The van der Waals surface area contributed by atoms with Gasteiger partial charge in [0.2, 0.25) is 0 Å². The molecule has 2 saturated heterocycles. The van der Waals surface area contributed by atoms with Crippen LogP contribution in [0.1, 0.15) is 44.9 Å². The summed E-state index contributed by atoms with van der Waals surface area (Å²) >= 11 is 0. The predicted octanol–water partition coefficient (Wildman–Crippen LogP) is 1.53. The first-order valence-corrected chi connectivity index (χ1v) is 8.00. The molecule has 2 atom stereocenters. The molecule has 2 fully saturated rings. The summed E-state index contributed by atoms with van der Waals surface area (Å²) in [5, 5.41) is 18.1. The maximum Gasteiger partial charge on any atom is 0.320 e. The minimum absolute atomic E-state index is 0.0308. The highest BCUT2D eigenvalue weighted by Crippen LogP contribution is 2.25. The molecule has 0 aliphatic carbocycles. The predicted molar refractivity (Wildman–Crippen MR) is 78.0 cm³/mol. The van der Waals surface area contributed by atoms with E-state index in [1.165, 1.54) is 0 Å². The van der Waals surface area contributed by atoms with Gasteiger partial charge in [-0.25, -0.2) is 4.79 Å². The normalized spacial score (nSPS) is 26.7. The highest BCUT2D eigenvalue weighted by atomic mass is 16.4. The van der Waals surface area contributed by atoms with Gasteiger partial charge in [0.1, 0.15) is 0 Å². The Bertz CT molecular complexity index is 373. The number of carboxylic acid groups (broad SMARTS) is 1. The fraction of sp³-hybridized carbons (Fsp3) is 0.867. The zero-order valence-corrected chi connectivity index (χ0v) is 12.5. The highest BCUT2D eigenvalue weighted by Gasteiger charge is 2.32. The average molecular weight is 298 g/mol. The van der Waals surface area contributed by atoms with Gasteiger partial charge in [0, 0.05) is 38.7 Å². The largest absolute Gasteiger partial charge is 0.481 e. The number of piperidine rings is 2. The molecule has 120 valence electrons. The molecule has 2 aliphatic heterocycles. The van der Waals surface area contributed by atoms with E-state index in [-0.39, 0.29) is 31.0 Å². The molecule has 0 spiro atoms. The molecular formula is C15H26N2O4. The third kappa shape index (κ3) is 4.33. The smallest absolute Gasteiger partial charge is 0.320 e. The third-order valence-corrected chi connectivity index (χ3v) is 4.59. The van der Waals surface area contributed by atoms with Crippen LogP contribution in [0.3, 0.4) is 0 Å². The summed E-state index contributed by atoms with van der Waals surface area (Å²) in [5.74, 6) is -0.716. The van der Waals surface area contributed by atoms with E-state index in [4.69, 9.17) is 10.2 Å². The van der Waals surface area contributed by atoms with Gasteiger partial charge in [-0.05, 0) is 44.4 Å². The minimum Gasteiger partial charge on any atom is -0.481 e. The zero-order chi connectivity index (χ0) is 15.2. The van der Waals surface area contributed by atoms with Gasteiger partial charge in [-0.3, -0.25) is 4.79 Å². The van der Waals surface area contributed by atoms with E-state index < -0.39 is 5.97 Å². The van der Waals surface area contributed by atoms with Gasteiger partial charge in [-0.2, -0.15) is 0 Å². The fourth-order valence-corrected chi connectivity index (χ4v) is 3.54. The van der Waals surface area contributed by atoms with E-state index in [1.54, 1.807) is 0 Å². The maximum atomic E-state index is 12.7. The summed E-state index contributed by atoms with van der Waals surface area (Å²) in [6.45, 7) is 2.13. The number of hydrogen-bond donors (Lipinski definition) is 2. The Morgan fingerprint density at radius 3 is 2.62 bits per heavy atom. The lowest BCUT2D eigenvalue weighted by Gasteiger charge is -2.41. The van der Waals surface area contributed by atoms with Crippen LogP contribution in [0.15, 0.2) is 0 Å². The molecule has 2 aliphatic rings. The van der Waals surface area contributed by atoms with Crippen LogP contribution >= 0.6 is 0 Å². The van der Waals surface area contributed by atoms with Gasteiger partial charge < -0.3 is 20.0 Å². The van der Waals surface area contributed by atoms with E-state index in [9.17, 15) is 9.59 Å². The van der Waals surface area contributed by atoms with Gasteiger partial charge in [-0.15, -0.1) is 0 Å². The van der Waals surface area contributed by atoms with Crippen LogP contribution in [-0.4, -0.2) is 64.3 Å². The molecule has 0 aromatic carbocycles. The van der Waals surface area contributed by atoms with Crippen LogP contribution in [0, 0.1) is 5.92 Å². The summed E-state index contributed by atoms with van der Waals surface area (Å²) in [5.41, 5.74) is 0. The molecule has 2 N–H and O–H groups in total. The van der Waals surface area contributed by atoms with Gasteiger partial charge >= 0.3 is 12.0 Å². The first-order chi connectivity index (χ1) is 10.1. The van der Waals surface area contributed by atoms with Crippen LogP contribution < -0.4 is 0 Å². The van der Waals surface area contributed by atoms with Crippen molar-refractivity contribution in [3.8, 4) is 0 Å². The van der Waals surface area contributed by atoms with Crippen molar-refractivity contribution in [3.05, 3.63) is 0 Å². The van der Waals surface area contributed by atoms with Crippen molar-refractivity contribution in [1.82, 2.24) is 9.80 Å². The molecule has 0 radical (unpaired) electrons. The lowest BCUT2D eigenvalue weighted by molar-refractivity contribution is -0.138. The number of aliphatic hydroxyl groups is 1. The zero-order valence-electron chi connectivity index (χ0n) is 12.5. The van der Waals surface area contributed by atoms with Crippen LogP contribution in [0.25, 0.3) is 0 Å². The number of aliphatic carboxylic acids is 1. The molecule has 2 amide bonds. The number of carboxylic acids is 1. The molecule has 2 rings (SSSR count). The Morgan fingerprint density at radius 2 is 1.90 bits per heavy atom. The third-order valence-electron chi connectivity index (χ3n) is 4.59. The van der Waals surface area contributed by atoms with Crippen molar-refractivity contribution in [3.63, 3.8) is 0 Å². The van der Waals surface area contributed by atoms with Crippen molar-refractivity contribution in [2.24, 2.45) is 5.92 Å². The van der Waals surface area contributed by atoms with Gasteiger partial charge in [0.25, 0.3) is 0 Å². The van der Waals surface area contributed by atoms with Gasteiger partial charge in [0.15, 0.2) is 0 Å². The molecule has 2 unspecified atom stereocenters. The first kappa shape index (κ1) is 16.1. The Balaban J connectivity index is 1.95. The minimum atomic E-state index is -0.787. The van der Waals surface area contributed by atoms with E-state index >= 15 is 0 Å². The van der Waals surface area contributed by atoms with Crippen molar-refractivity contribution in [2.45, 2.75) is 51.0 Å². The Morgan fingerprint density at radius 1 is 1.10 bits per heavy atom. The first-order valence-electron chi connectivity index (χ1n) is 8.00. The second-order valence-corrected chi connectivity index (χ2v) is 6.19. The summed E-state index contributed by atoms with van der Waals surface area (Å²) in [6.07, 6.45) is 5.62. The Labute approximate surface area is 125 Å². The molecule has 0 aromatic heterocycles. The number of carbonyl (C=O) groups is 2. The number of urea groups is 1. The number of aliphatic hydroxyl groups excluding tert-OH is 1. The van der Waals surface area contributed by atoms with Gasteiger partial charge in [0.05, 0.1) is 0 Å². The number of hydrogen-bond acceptors (Lipinski definition) is 3. The van der Waals surface area contributed by atoms with Crippen molar-refractivity contribution < 1.29 is 19.8 Å². The van der Waals surface area contributed by atoms with Gasteiger partial charge in [-0.1, -0.05) is 0 Å². The molecule has 0 bridgehead atoms. The van der Waals surface area contributed by atoms with E-state index in [0.717, 1.165) is 45.2 Å². The second-order valence-electron chi connectivity index (χ2n) is 6.19. The number of likely N-dealkylation sites (tertiary alicyclic amines) is 2. The Hall–Kier alpha value is -1.30. The highest BCUT2D eigenvalue weighted by molar-refractivity contribution is 5.75. The van der Waals surface area contributed by atoms with Crippen molar-refractivity contribution in [2.75, 3.05) is 26.2 Å². The van der Waals surface area contributed by atoms with Crippen molar-refractivity contribution >= 4 is 12.0 Å². The monoisotopic (exact) mass is 298 g/mol. The standard InChI is InChI=1S/C15H26N2O4/c18-9-6-13-5-1-2-8-17(13)15(21)16-7-3-4-12(11-16)10-14(19)20/h12-13,18H,1-11H2,(H,19,20). The second kappa shape index (κ2) is 7.64. The van der Waals surface area contributed by atoms with Crippen LogP contribution in [-0.2, 0) is 4.79 Å². The fourth-order valence-electron chi connectivity index (χ4n) is 3.54. The number of carbonyl (C=O) groups excluding carboxylic acids is 1. The molecule has 6 nitrogen and oxygen atoms in total. The number of amides is 2. The summed E-state index contributed by atoms with van der Waals surface area (Å²) in [7, 11) is 0. The number of rotatable bonds is 4. The Kier molecular flexibility index (Phi) is 5.85. The molecule has 0 saturated carbocycles. The van der Waals surface area contributed by atoms with Crippen LogP contribution in [0.4, 0.5) is 4.79 Å². The van der Waals surface area contributed by atoms with Crippen LogP contribution in [0.5, 0.6) is 0 Å². The molecule has 2 heterocycles. The lowest BCUT2D eigenvalue weighted by atomic mass is 9.94. The summed E-state index contributed by atoms with van der Waals surface area (Å²) in [4.78, 5) is 27.2. The molecule has 0 aromatic rings. The number of nitrogens with zero attached hydrogens (tertiary/aromatic N) is 2. The average Bonchev–Trinajstić information content (AvgIpc) is 2.47. The maximum absolute atomic E-state index is 12.7. The topological polar surface area (TPSA) is 81.1 Å². The molecular weight excluding hydrogens is 272 g/mol. The van der Waals surface area contributed by atoms with E-state index in [0.29, 0.717) is 13.0 Å².